The third-order valence-electron chi connectivity index (χ3n) is 6.83. The highest BCUT2D eigenvalue weighted by Gasteiger charge is 2.44. The normalized spacial score (nSPS) is 15.7. The van der Waals surface area contributed by atoms with Gasteiger partial charge >= 0.3 is 23.9 Å². The fourth-order valence-corrected chi connectivity index (χ4v) is 4.28. The zero-order valence-electron chi connectivity index (χ0n) is 25.1. The van der Waals surface area contributed by atoms with E-state index in [2.05, 4.69) is 19.1 Å². The topological polar surface area (TPSA) is 225 Å². The van der Waals surface area contributed by atoms with Gasteiger partial charge in [-0.25, -0.2) is 4.79 Å². The van der Waals surface area contributed by atoms with E-state index in [1.807, 2.05) is 0 Å². The molecule has 13 heteroatoms. The molecule has 0 saturated carbocycles. The molecule has 248 valence electrons. The van der Waals surface area contributed by atoms with Gasteiger partial charge in [-0.15, -0.1) is 0 Å². The molecular formula is C30H50O13. The van der Waals surface area contributed by atoms with Gasteiger partial charge in [-0.2, -0.15) is 0 Å². The summed E-state index contributed by atoms with van der Waals surface area (Å²) in [6.07, 6.45) is 7.16. The maximum Gasteiger partial charge on any atom is 0.336 e. The molecule has 0 aromatic carbocycles. The van der Waals surface area contributed by atoms with Crippen LogP contribution in [0.25, 0.3) is 0 Å². The summed E-state index contributed by atoms with van der Waals surface area (Å²) in [5.74, 6) is -6.20. The summed E-state index contributed by atoms with van der Waals surface area (Å²) in [7, 11) is 0. The molecular weight excluding hydrogens is 568 g/mol. The van der Waals surface area contributed by atoms with Crippen molar-refractivity contribution in [1.82, 2.24) is 0 Å². The molecule has 0 saturated heterocycles. The average Bonchev–Trinajstić information content (AvgIpc) is 2.95. The predicted octanol–water partition coefficient (Wildman–Crippen LogP) is 2.44. The predicted molar refractivity (Wildman–Crippen MR) is 154 cm³/mol. The number of allylic oxidation sites excluding steroid dienone is 2. The fourth-order valence-electron chi connectivity index (χ4n) is 4.28. The van der Waals surface area contributed by atoms with Gasteiger partial charge < -0.3 is 40.1 Å². The van der Waals surface area contributed by atoms with E-state index in [1.54, 1.807) is 0 Å². The second-order valence-corrected chi connectivity index (χ2v) is 10.7. The molecule has 0 heterocycles. The van der Waals surface area contributed by atoms with Crippen LogP contribution in [-0.2, 0) is 33.4 Å². The third kappa shape index (κ3) is 18.4. The van der Waals surface area contributed by atoms with Crippen molar-refractivity contribution in [3.8, 4) is 0 Å². The number of aldehydes is 1. The number of hydrogen-bond acceptors (Lipinski definition) is 11. The Morgan fingerprint density at radius 2 is 1.30 bits per heavy atom. The second-order valence-electron chi connectivity index (χ2n) is 10.7. The number of carbonyl (C=O) groups is 5. The summed E-state index contributed by atoms with van der Waals surface area (Å²) < 4.78 is 9.88. The zero-order valence-corrected chi connectivity index (χ0v) is 25.1. The molecule has 0 spiro atoms. The van der Waals surface area contributed by atoms with Crippen LogP contribution in [0.15, 0.2) is 12.2 Å². The number of aliphatic carboxylic acids is 2. The summed E-state index contributed by atoms with van der Waals surface area (Å²) >= 11 is 0. The monoisotopic (exact) mass is 618 g/mol. The molecule has 43 heavy (non-hydrogen) atoms. The first-order valence-corrected chi connectivity index (χ1v) is 15.1. The van der Waals surface area contributed by atoms with Gasteiger partial charge in [0.05, 0.1) is 19.4 Å². The van der Waals surface area contributed by atoms with Gasteiger partial charge in [0.25, 0.3) is 0 Å². The Labute approximate surface area is 252 Å². The van der Waals surface area contributed by atoms with Crippen molar-refractivity contribution in [1.29, 1.82) is 0 Å². The van der Waals surface area contributed by atoms with Crippen LogP contribution in [0.3, 0.4) is 0 Å². The van der Waals surface area contributed by atoms with Crippen LogP contribution in [0.2, 0.25) is 0 Å². The molecule has 13 nitrogen and oxygen atoms in total. The minimum absolute atomic E-state index is 0.0533. The maximum absolute atomic E-state index is 12.4. The number of aliphatic hydroxyl groups excluding tert-OH is 3. The molecule has 0 aliphatic carbocycles. The number of hydrogen-bond donors (Lipinski definition) is 6. The van der Waals surface area contributed by atoms with E-state index in [-0.39, 0.29) is 12.7 Å². The smallest absolute Gasteiger partial charge is 0.336 e. The number of ether oxygens (including phenoxy) is 2. The van der Waals surface area contributed by atoms with Crippen molar-refractivity contribution >= 4 is 30.2 Å². The number of carboxylic acids is 2. The molecule has 0 rings (SSSR count). The Bertz CT molecular complexity index is 859. The first kappa shape index (κ1) is 40.1. The number of esters is 2. The van der Waals surface area contributed by atoms with Crippen molar-refractivity contribution < 1.29 is 64.1 Å². The standard InChI is InChI=1S/C30H50O13/c1-2-3-4-5-6-7-8-9-10-11-12-13-14-15-16-17-25(36)43-28(27(38)22(33)20-31)23(21-32)42-26(37)19-30(41,29(39)40)18-24(34)35/h9-10,21-23,27-28,31,33,38,41H,2-8,11-20H2,1H3,(H,34,35)(H,39,40)/t22-,23+,27-,28-,30?/m1/s1. The van der Waals surface area contributed by atoms with E-state index in [9.17, 15) is 39.3 Å². The number of aliphatic hydroxyl groups is 4. The molecule has 0 aromatic heterocycles. The van der Waals surface area contributed by atoms with Crippen molar-refractivity contribution in [3.63, 3.8) is 0 Å². The second kappa shape index (κ2) is 23.6. The Morgan fingerprint density at radius 3 is 1.79 bits per heavy atom. The lowest BCUT2D eigenvalue weighted by atomic mass is 9.95. The molecule has 0 bridgehead atoms. The molecule has 0 aliphatic heterocycles. The highest BCUT2D eigenvalue weighted by atomic mass is 16.6. The van der Waals surface area contributed by atoms with E-state index in [1.165, 1.54) is 38.5 Å². The maximum atomic E-state index is 12.4. The van der Waals surface area contributed by atoms with Crippen LogP contribution in [0.5, 0.6) is 0 Å². The SMILES string of the molecule is CCCCCCCCC=CCCCCCCCC(=O)O[C@@H]([C@H](O)[C@H](O)CO)[C@H](C=O)OC(=O)CC(O)(CC(=O)O)C(=O)O. The number of carboxylic acid groups (broad SMARTS) is 2. The molecule has 0 aliphatic rings. The first-order chi connectivity index (χ1) is 20.4. The van der Waals surface area contributed by atoms with Gasteiger partial charge in [-0.05, 0) is 32.1 Å². The summed E-state index contributed by atoms with van der Waals surface area (Å²) in [5.41, 5.74) is -3.06. The third-order valence-corrected chi connectivity index (χ3v) is 6.83. The highest BCUT2D eigenvalue weighted by Crippen LogP contribution is 2.20. The van der Waals surface area contributed by atoms with E-state index in [0.717, 1.165) is 32.1 Å². The van der Waals surface area contributed by atoms with Crippen molar-refractivity contribution in [2.45, 2.75) is 140 Å². The highest BCUT2D eigenvalue weighted by molar-refractivity contribution is 5.89. The Balaban J connectivity index is 4.72. The number of carbonyl (C=O) groups excluding carboxylic acids is 3. The molecule has 6 N–H and O–H groups in total. The van der Waals surface area contributed by atoms with Gasteiger partial charge in [-0.1, -0.05) is 70.4 Å². The van der Waals surface area contributed by atoms with Crippen molar-refractivity contribution in [2.75, 3.05) is 6.61 Å². The zero-order chi connectivity index (χ0) is 32.7. The van der Waals surface area contributed by atoms with E-state index in [0.29, 0.717) is 12.8 Å². The molecule has 0 fully saturated rings. The molecule has 0 amide bonds. The van der Waals surface area contributed by atoms with Crippen LogP contribution >= 0.6 is 0 Å². The minimum atomic E-state index is -3.06. The summed E-state index contributed by atoms with van der Waals surface area (Å²) in [4.78, 5) is 58.5. The van der Waals surface area contributed by atoms with Gasteiger partial charge in [-0.3, -0.25) is 19.2 Å². The fraction of sp³-hybridized carbons (Fsp3) is 0.767. The summed E-state index contributed by atoms with van der Waals surface area (Å²) in [5, 5.41) is 57.3. The molecule has 5 atom stereocenters. The van der Waals surface area contributed by atoms with Gasteiger partial charge in [0.15, 0.2) is 24.1 Å². The minimum Gasteiger partial charge on any atom is -0.481 e. The van der Waals surface area contributed by atoms with Crippen molar-refractivity contribution in [3.05, 3.63) is 12.2 Å². The average molecular weight is 619 g/mol. The summed E-state index contributed by atoms with van der Waals surface area (Å²) in [6.45, 7) is 1.20. The number of unbranched alkanes of at least 4 members (excludes halogenated alkanes) is 11. The van der Waals surface area contributed by atoms with Gasteiger partial charge in [0.1, 0.15) is 12.2 Å². The van der Waals surface area contributed by atoms with Crippen LogP contribution < -0.4 is 0 Å². The van der Waals surface area contributed by atoms with E-state index < -0.39 is 73.3 Å². The molecule has 1 unspecified atom stereocenters. The van der Waals surface area contributed by atoms with Gasteiger partial charge in [0.2, 0.25) is 0 Å². The van der Waals surface area contributed by atoms with Crippen LogP contribution in [-0.4, -0.2) is 97.4 Å². The molecule has 0 aromatic rings. The lowest BCUT2D eigenvalue weighted by molar-refractivity contribution is -0.189. The Morgan fingerprint density at radius 1 is 0.767 bits per heavy atom. The quantitative estimate of drug-likeness (QED) is 0.0337. The lowest BCUT2D eigenvalue weighted by Crippen LogP contribution is -2.51. The van der Waals surface area contributed by atoms with E-state index in [4.69, 9.17) is 24.8 Å². The van der Waals surface area contributed by atoms with E-state index >= 15 is 0 Å². The summed E-state index contributed by atoms with van der Waals surface area (Å²) in [6, 6.07) is 0. The first-order valence-electron chi connectivity index (χ1n) is 15.1. The van der Waals surface area contributed by atoms with Crippen molar-refractivity contribution in [2.24, 2.45) is 0 Å². The van der Waals surface area contributed by atoms with Gasteiger partial charge in [0, 0.05) is 6.42 Å². The largest absolute Gasteiger partial charge is 0.481 e. The lowest BCUT2D eigenvalue weighted by Gasteiger charge is -2.30. The Kier molecular flexibility index (Phi) is 22.0. The van der Waals surface area contributed by atoms with Crippen LogP contribution in [0.4, 0.5) is 0 Å². The van der Waals surface area contributed by atoms with Crippen LogP contribution in [0.1, 0.15) is 110 Å². The number of rotatable bonds is 27. The Hall–Kier alpha value is -2.87. The van der Waals surface area contributed by atoms with Crippen LogP contribution in [0, 0.1) is 0 Å². The molecule has 0 radical (unpaired) electrons.